The maximum atomic E-state index is 11.7. The summed E-state index contributed by atoms with van der Waals surface area (Å²) in [7, 11) is 1.66. The molecule has 2 N–H and O–H groups in total. The van der Waals surface area contributed by atoms with Crippen LogP contribution in [-0.4, -0.2) is 65.4 Å². The molecule has 1 aliphatic rings. The average Bonchev–Trinajstić information content (AvgIpc) is 2.37. The first-order valence-electron chi connectivity index (χ1n) is 6.44. The van der Waals surface area contributed by atoms with Gasteiger partial charge < -0.3 is 14.9 Å². The molecular weight excluding hydrogens is 266 g/mol. The van der Waals surface area contributed by atoms with Crippen LogP contribution in [0.2, 0.25) is 0 Å². The molecule has 1 fully saturated rings. The summed E-state index contributed by atoms with van der Waals surface area (Å²) >= 11 is 0. The number of carboxylic acids is 1. The Hall–Kier alpha value is -2.12. The van der Waals surface area contributed by atoms with E-state index in [1.807, 2.05) is 0 Å². The van der Waals surface area contributed by atoms with Gasteiger partial charge in [-0.15, -0.1) is 0 Å². The number of hydrogen-bond donors (Lipinski definition) is 2. The number of imide groups is 1. The standard InChI is InChI=1S/C12H19N3O5/c1-14-6-7-15(8-10(14)17)12(20)13-9(16)4-2-3-5-11(18)19/h2-8H2,1H3,(H,18,19)(H,13,16,20). The summed E-state index contributed by atoms with van der Waals surface area (Å²) in [5, 5.41) is 10.6. The van der Waals surface area contributed by atoms with Crippen molar-refractivity contribution >= 4 is 23.8 Å². The van der Waals surface area contributed by atoms with Crippen LogP contribution in [-0.2, 0) is 14.4 Å². The molecule has 8 nitrogen and oxygen atoms in total. The van der Waals surface area contributed by atoms with Crippen LogP contribution in [0.15, 0.2) is 0 Å². The second-order valence-corrected chi connectivity index (χ2v) is 4.69. The van der Waals surface area contributed by atoms with E-state index in [2.05, 4.69) is 5.32 Å². The fraction of sp³-hybridized carbons (Fsp3) is 0.667. The van der Waals surface area contributed by atoms with Crippen LogP contribution in [0.5, 0.6) is 0 Å². The third kappa shape index (κ3) is 5.25. The van der Waals surface area contributed by atoms with Crippen molar-refractivity contribution in [2.24, 2.45) is 0 Å². The van der Waals surface area contributed by atoms with E-state index in [-0.39, 0.29) is 25.3 Å². The van der Waals surface area contributed by atoms with Crippen molar-refractivity contribution in [2.45, 2.75) is 25.7 Å². The fourth-order valence-corrected chi connectivity index (χ4v) is 1.75. The molecule has 0 aromatic rings. The number of carbonyl (C=O) groups is 4. The zero-order valence-electron chi connectivity index (χ0n) is 11.4. The highest BCUT2D eigenvalue weighted by atomic mass is 16.4. The van der Waals surface area contributed by atoms with E-state index in [4.69, 9.17) is 5.11 Å². The number of hydrogen-bond acceptors (Lipinski definition) is 4. The summed E-state index contributed by atoms with van der Waals surface area (Å²) in [5.41, 5.74) is 0. The lowest BCUT2D eigenvalue weighted by atomic mass is 10.2. The van der Waals surface area contributed by atoms with Gasteiger partial charge in [0.05, 0.1) is 0 Å². The second kappa shape index (κ2) is 7.46. The Morgan fingerprint density at radius 1 is 1.20 bits per heavy atom. The Bertz CT molecular complexity index is 410. The van der Waals surface area contributed by atoms with Gasteiger partial charge in [0, 0.05) is 33.0 Å². The van der Waals surface area contributed by atoms with Crippen LogP contribution >= 0.6 is 0 Å². The number of urea groups is 1. The topological polar surface area (TPSA) is 107 Å². The van der Waals surface area contributed by atoms with E-state index in [0.29, 0.717) is 25.9 Å². The lowest BCUT2D eigenvalue weighted by Crippen LogP contribution is -2.54. The first-order chi connectivity index (χ1) is 9.40. The third-order valence-electron chi connectivity index (χ3n) is 3.04. The van der Waals surface area contributed by atoms with Crippen molar-refractivity contribution in [2.75, 3.05) is 26.7 Å². The lowest BCUT2D eigenvalue weighted by molar-refractivity contribution is -0.137. The maximum absolute atomic E-state index is 11.7. The third-order valence-corrected chi connectivity index (χ3v) is 3.04. The normalized spacial score (nSPS) is 15.2. The summed E-state index contributed by atoms with van der Waals surface area (Å²) < 4.78 is 0. The predicted octanol–water partition coefficient (Wildman–Crippen LogP) is -0.358. The summed E-state index contributed by atoms with van der Waals surface area (Å²) in [6.07, 6.45) is 0.909. The Morgan fingerprint density at radius 2 is 1.85 bits per heavy atom. The zero-order valence-corrected chi connectivity index (χ0v) is 11.4. The van der Waals surface area contributed by atoms with Crippen LogP contribution < -0.4 is 5.32 Å². The van der Waals surface area contributed by atoms with Gasteiger partial charge in [0.15, 0.2) is 0 Å². The zero-order chi connectivity index (χ0) is 15.1. The number of likely N-dealkylation sites (N-methyl/N-ethyl adjacent to an activating group) is 1. The number of carboxylic acid groups (broad SMARTS) is 1. The van der Waals surface area contributed by atoms with Crippen molar-refractivity contribution < 1.29 is 24.3 Å². The Balaban J connectivity index is 2.26. The summed E-state index contributed by atoms with van der Waals surface area (Å²) in [6.45, 7) is 0.800. The molecule has 112 valence electrons. The maximum Gasteiger partial charge on any atom is 0.324 e. The number of aliphatic carboxylic acids is 1. The molecule has 20 heavy (non-hydrogen) atoms. The van der Waals surface area contributed by atoms with Crippen LogP contribution in [0.25, 0.3) is 0 Å². The molecule has 0 spiro atoms. The van der Waals surface area contributed by atoms with Crippen LogP contribution in [0.1, 0.15) is 25.7 Å². The number of unbranched alkanes of at least 4 members (excludes halogenated alkanes) is 1. The molecule has 0 atom stereocenters. The number of carbonyl (C=O) groups excluding carboxylic acids is 3. The molecule has 1 heterocycles. The van der Waals surface area contributed by atoms with Gasteiger partial charge in [0.2, 0.25) is 11.8 Å². The molecule has 1 rings (SSSR count). The van der Waals surface area contributed by atoms with Gasteiger partial charge in [-0.3, -0.25) is 19.7 Å². The number of nitrogens with one attached hydrogen (secondary N) is 1. The van der Waals surface area contributed by atoms with Crippen molar-refractivity contribution in [3.63, 3.8) is 0 Å². The average molecular weight is 285 g/mol. The molecule has 0 aromatic carbocycles. The highest BCUT2D eigenvalue weighted by Gasteiger charge is 2.25. The van der Waals surface area contributed by atoms with Gasteiger partial charge in [-0.25, -0.2) is 4.79 Å². The molecular formula is C12H19N3O5. The van der Waals surface area contributed by atoms with E-state index in [1.165, 1.54) is 9.80 Å². The van der Waals surface area contributed by atoms with Gasteiger partial charge in [-0.05, 0) is 12.8 Å². The van der Waals surface area contributed by atoms with Gasteiger partial charge in [-0.2, -0.15) is 0 Å². The molecule has 4 amide bonds. The molecule has 1 aliphatic heterocycles. The number of nitrogens with zero attached hydrogens (tertiary/aromatic N) is 2. The largest absolute Gasteiger partial charge is 0.481 e. The lowest BCUT2D eigenvalue weighted by Gasteiger charge is -2.31. The van der Waals surface area contributed by atoms with Crippen LogP contribution in [0.4, 0.5) is 4.79 Å². The van der Waals surface area contributed by atoms with Crippen molar-refractivity contribution in [1.82, 2.24) is 15.1 Å². The van der Waals surface area contributed by atoms with Crippen LogP contribution in [0.3, 0.4) is 0 Å². The summed E-state index contributed by atoms with van der Waals surface area (Å²) in [6, 6.07) is -0.574. The molecule has 0 unspecified atom stereocenters. The van der Waals surface area contributed by atoms with E-state index >= 15 is 0 Å². The molecule has 0 radical (unpaired) electrons. The highest BCUT2D eigenvalue weighted by Crippen LogP contribution is 2.03. The summed E-state index contributed by atoms with van der Waals surface area (Å²) in [5.74, 6) is -1.52. The number of piperazine rings is 1. The minimum Gasteiger partial charge on any atom is -0.481 e. The monoisotopic (exact) mass is 285 g/mol. The Labute approximate surface area is 116 Å². The van der Waals surface area contributed by atoms with Crippen molar-refractivity contribution in [3.8, 4) is 0 Å². The van der Waals surface area contributed by atoms with E-state index in [1.54, 1.807) is 7.05 Å². The number of amides is 4. The number of rotatable bonds is 5. The van der Waals surface area contributed by atoms with Gasteiger partial charge >= 0.3 is 12.0 Å². The van der Waals surface area contributed by atoms with Gasteiger partial charge in [0.1, 0.15) is 6.54 Å². The van der Waals surface area contributed by atoms with Crippen LogP contribution in [0, 0.1) is 0 Å². The SMILES string of the molecule is CN1CCN(C(=O)NC(=O)CCCCC(=O)O)CC1=O. The molecule has 1 saturated heterocycles. The quantitative estimate of drug-likeness (QED) is 0.671. The molecule has 0 saturated carbocycles. The molecule has 8 heteroatoms. The molecule has 0 bridgehead atoms. The minimum atomic E-state index is -0.905. The van der Waals surface area contributed by atoms with E-state index in [9.17, 15) is 19.2 Å². The van der Waals surface area contributed by atoms with Crippen molar-refractivity contribution in [3.05, 3.63) is 0 Å². The minimum absolute atomic E-state index is 0.00812. The first kappa shape index (κ1) is 15.9. The molecule has 0 aromatic heterocycles. The highest BCUT2D eigenvalue weighted by molar-refractivity contribution is 5.96. The fourth-order valence-electron chi connectivity index (χ4n) is 1.75. The second-order valence-electron chi connectivity index (χ2n) is 4.69. The van der Waals surface area contributed by atoms with Crippen molar-refractivity contribution in [1.29, 1.82) is 0 Å². The first-order valence-corrected chi connectivity index (χ1v) is 6.44. The van der Waals surface area contributed by atoms with Gasteiger partial charge in [-0.1, -0.05) is 0 Å². The Kier molecular flexibility index (Phi) is 5.95. The summed E-state index contributed by atoms with van der Waals surface area (Å²) in [4.78, 5) is 47.8. The van der Waals surface area contributed by atoms with E-state index in [0.717, 1.165) is 0 Å². The van der Waals surface area contributed by atoms with E-state index < -0.39 is 17.9 Å². The predicted molar refractivity (Wildman–Crippen MR) is 68.9 cm³/mol. The smallest absolute Gasteiger partial charge is 0.324 e. The van der Waals surface area contributed by atoms with Gasteiger partial charge in [0.25, 0.3) is 0 Å². The Morgan fingerprint density at radius 3 is 2.45 bits per heavy atom. The molecule has 0 aliphatic carbocycles.